The molecule has 1 unspecified atom stereocenters. The van der Waals surface area contributed by atoms with Gasteiger partial charge in [-0.1, -0.05) is 39.8 Å². The lowest BCUT2D eigenvalue weighted by atomic mass is 9.94. The number of halogens is 1. The lowest BCUT2D eigenvalue weighted by Gasteiger charge is -2.11. The molecule has 0 aliphatic carbocycles. The molecule has 0 radical (unpaired) electrons. The highest BCUT2D eigenvalue weighted by Crippen LogP contribution is 2.17. The van der Waals surface area contributed by atoms with E-state index in [4.69, 9.17) is 0 Å². The number of carbonyl (C=O) groups excluding carboxylic acids is 2. The lowest BCUT2D eigenvalue weighted by Crippen LogP contribution is -2.29. The van der Waals surface area contributed by atoms with Crippen LogP contribution < -0.4 is 0 Å². The molecule has 0 aromatic heterocycles. The number of benzene rings is 1. The highest BCUT2D eigenvalue weighted by atomic mass is 19.1. The minimum absolute atomic E-state index is 0.288. The van der Waals surface area contributed by atoms with Gasteiger partial charge in [-0.25, -0.2) is 4.39 Å². The van der Waals surface area contributed by atoms with Crippen molar-refractivity contribution in [2.45, 2.75) is 46.7 Å². The number of hydrogen-bond acceptors (Lipinski definition) is 2. The summed E-state index contributed by atoms with van der Waals surface area (Å²) < 4.78 is 13.8. The Hall–Kier alpha value is -1.51. The van der Waals surface area contributed by atoms with Crippen LogP contribution in [0, 0.1) is 5.92 Å². The van der Waals surface area contributed by atoms with Gasteiger partial charge in [0.25, 0.3) is 0 Å². The van der Waals surface area contributed by atoms with Gasteiger partial charge in [0, 0.05) is 11.5 Å². The van der Waals surface area contributed by atoms with Crippen molar-refractivity contribution >= 4 is 11.6 Å². The summed E-state index contributed by atoms with van der Waals surface area (Å²) in [6, 6.07) is 5.17. The maximum Gasteiger partial charge on any atom is 0.221 e. The zero-order valence-corrected chi connectivity index (χ0v) is 12.0. The van der Waals surface area contributed by atoms with Gasteiger partial charge in [0.2, 0.25) is 12.0 Å². The molecule has 2 nitrogen and oxygen atoms in total. The predicted octanol–water partition coefficient (Wildman–Crippen LogP) is 3.56. The zero-order chi connectivity index (χ0) is 14.6. The van der Waals surface area contributed by atoms with E-state index in [9.17, 15) is 14.0 Å². The molecule has 0 aliphatic rings. The third kappa shape index (κ3) is 3.49. The minimum atomic E-state index is -2.04. The highest BCUT2D eigenvalue weighted by molar-refractivity contribution is 6.13. The third-order valence-corrected chi connectivity index (χ3v) is 3.30. The van der Waals surface area contributed by atoms with Crippen molar-refractivity contribution in [3.63, 3.8) is 0 Å². The molecule has 104 valence electrons. The Morgan fingerprint density at radius 1 is 1.11 bits per heavy atom. The average Bonchev–Trinajstić information content (AvgIpc) is 2.43. The van der Waals surface area contributed by atoms with Crippen molar-refractivity contribution < 1.29 is 14.0 Å². The second-order valence-electron chi connectivity index (χ2n) is 4.97. The Kier molecular flexibility index (Phi) is 5.40. The van der Waals surface area contributed by atoms with Crippen LogP contribution in [0.2, 0.25) is 0 Å². The second-order valence-corrected chi connectivity index (χ2v) is 4.97. The van der Waals surface area contributed by atoms with Crippen LogP contribution >= 0.6 is 0 Å². The molecule has 1 atom stereocenters. The quantitative estimate of drug-likeness (QED) is 0.581. The van der Waals surface area contributed by atoms with Crippen LogP contribution in [0.1, 0.15) is 49.2 Å². The number of carbonyl (C=O) groups is 2. The number of hydrogen-bond donors (Lipinski definition) is 0. The Morgan fingerprint density at radius 3 is 2.16 bits per heavy atom. The van der Waals surface area contributed by atoms with E-state index in [1.54, 1.807) is 26.0 Å². The number of alkyl halides is 1. The number of Topliss-reactive ketones (excluding diaryl/α,β-unsaturated/α-hetero) is 2. The van der Waals surface area contributed by atoms with Gasteiger partial charge < -0.3 is 0 Å². The molecule has 0 amide bonds. The van der Waals surface area contributed by atoms with Gasteiger partial charge in [-0.2, -0.15) is 0 Å². The number of rotatable bonds is 6. The molecule has 0 heterocycles. The maximum absolute atomic E-state index is 13.8. The van der Waals surface area contributed by atoms with Crippen LogP contribution in [-0.4, -0.2) is 17.7 Å². The van der Waals surface area contributed by atoms with Crippen molar-refractivity contribution in [3.05, 3.63) is 34.9 Å². The summed E-state index contributed by atoms with van der Waals surface area (Å²) in [5.74, 6) is -1.85. The summed E-state index contributed by atoms with van der Waals surface area (Å²) in [5, 5.41) is 0. The first-order valence-corrected chi connectivity index (χ1v) is 6.76. The lowest BCUT2D eigenvalue weighted by molar-refractivity contribution is -0.125. The largest absolute Gasteiger partial charge is 0.296 e. The summed E-state index contributed by atoms with van der Waals surface area (Å²) in [5.41, 5.74) is 2.48. The fraction of sp³-hybridized carbons (Fsp3) is 0.500. The van der Waals surface area contributed by atoms with E-state index < -0.39 is 23.7 Å². The molecule has 0 aliphatic heterocycles. The molecular formula is C16H21FO2. The van der Waals surface area contributed by atoms with Crippen molar-refractivity contribution in [3.8, 4) is 0 Å². The van der Waals surface area contributed by atoms with Crippen molar-refractivity contribution in [2.75, 3.05) is 0 Å². The van der Waals surface area contributed by atoms with Crippen LogP contribution in [0.4, 0.5) is 4.39 Å². The molecule has 1 rings (SSSR count). The third-order valence-electron chi connectivity index (χ3n) is 3.30. The Balaban J connectivity index is 3.03. The number of aryl methyl sites for hydroxylation is 2. The Labute approximate surface area is 114 Å². The van der Waals surface area contributed by atoms with E-state index >= 15 is 0 Å². The molecule has 1 aromatic carbocycles. The highest BCUT2D eigenvalue weighted by Gasteiger charge is 2.29. The molecule has 3 heteroatoms. The van der Waals surface area contributed by atoms with Gasteiger partial charge in [-0.05, 0) is 30.0 Å². The van der Waals surface area contributed by atoms with E-state index in [0.29, 0.717) is 0 Å². The van der Waals surface area contributed by atoms with E-state index in [1.807, 2.05) is 19.9 Å². The molecule has 0 bridgehead atoms. The molecule has 19 heavy (non-hydrogen) atoms. The topological polar surface area (TPSA) is 34.1 Å². The first-order chi connectivity index (χ1) is 8.92. The van der Waals surface area contributed by atoms with E-state index in [-0.39, 0.29) is 5.56 Å². The second kappa shape index (κ2) is 6.60. The normalized spacial score (nSPS) is 12.5. The maximum atomic E-state index is 13.8. The summed E-state index contributed by atoms with van der Waals surface area (Å²) in [4.78, 5) is 23.5. The zero-order valence-electron chi connectivity index (χ0n) is 12.0. The van der Waals surface area contributed by atoms with Gasteiger partial charge in [-0.15, -0.1) is 0 Å². The minimum Gasteiger partial charge on any atom is -0.296 e. The van der Waals surface area contributed by atoms with Gasteiger partial charge in [0.15, 0.2) is 5.78 Å². The fourth-order valence-electron chi connectivity index (χ4n) is 2.02. The van der Waals surface area contributed by atoms with Gasteiger partial charge in [0.05, 0.1) is 0 Å². The molecule has 0 fully saturated rings. The molecule has 0 spiro atoms. The smallest absolute Gasteiger partial charge is 0.221 e. The summed E-state index contributed by atoms with van der Waals surface area (Å²) >= 11 is 0. The van der Waals surface area contributed by atoms with E-state index in [0.717, 1.165) is 24.0 Å². The molecule has 0 saturated carbocycles. The van der Waals surface area contributed by atoms with Crippen LogP contribution in [0.25, 0.3) is 0 Å². The predicted molar refractivity (Wildman–Crippen MR) is 74.3 cm³/mol. The molecule has 0 N–H and O–H groups in total. The number of ketones is 2. The van der Waals surface area contributed by atoms with Crippen molar-refractivity contribution in [2.24, 2.45) is 5.92 Å². The first kappa shape index (κ1) is 15.5. The van der Waals surface area contributed by atoms with Crippen LogP contribution in [0.5, 0.6) is 0 Å². The molecular weight excluding hydrogens is 243 g/mol. The SMILES string of the molecule is CCc1ccc(C(=O)C(F)C(=O)C(C)C)cc1CC. The summed E-state index contributed by atoms with van der Waals surface area (Å²) in [7, 11) is 0. The van der Waals surface area contributed by atoms with Gasteiger partial charge in [0.1, 0.15) is 0 Å². The standard InChI is InChI=1S/C16H21FO2/c1-5-11-7-8-13(9-12(11)6-2)16(19)14(17)15(18)10(3)4/h7-10,14H,5-6H2,1-4H3. The van der Waals surface area contributed by atoms with Gasteiger partial charge in [-0.3, -0.25) is 9.59 Å². The van der Waals surface area contributed by atoms with E-state index in [1.165, 1.54) is 0 Å². The summed E-state index contributed by atoms with van der Waals surface area (Å²) in [6.07, 6.45) is -0.377. The summed E-state index contributed by atoms with van der Waals surface area (Å²) in [6.45, 7) is 7.23. The van der Waals surface area contributed by atoms with Crippen LogP contribution in [0.15, 0.2) is 18.2 Å². The Morgan fingerprint density at radius 2 is 1.68 bits per heavy atom. The van der Waals surface area contributed by atoms with Crippen LogP contribution in [0.3, 0.4) is 0 Å². The first-order valence-electron chi connectivity index (χ1n) is 6.76. The van der Waals surface area contributed by atoms with Crippen molar-refractivity contribution in [1.82, 2.24) is 0 Å². The molecule has 0 saturated heterocycles. The van der Waals surface area contributed by atoms with E-state index in [2.05, 4.69) is 0 Å². The molecule has 1 aromatic rings. The van der Waals surface area contributed by atoms with Crippen molar-refractivity contribution in [1.29, 1.82) is 0 Å². The van der Waals surface area contributed by atoms with Crippen LogP contribution in [-0.2, 0) is 17.6 Å². The average molecular weight is 264 g/mol. The fourth-order valence-corrected chi connectivity index (χ4v) is 2.02. The Bertz CT molecular complexity index is 478. The van der Waals surface area contributed by atoms with Gasteiger partial charge >= 0.3 is 0 Å². The monoisotopic (exact) mass is 264 g/mol.